The van der Waals surface area contributed by atoms with Gasteiger partial charge < -0.3 is 10.1 Å². The van der Waals surface area contributed by atoms with Crippen LogP contribution in [0.15, 0.2) is 36.4 Å². The van der Waals surface area contributed by atoms with Gasteiger partial charge in [-0.25, -0.2) is 4.98 Å². The maximum atomic E-state index is 12.0. The molecule has 2 aromatic rings. The molecule has 1 heterocycles. The smallest absolute Gasteiger partial charge is 0.269 e. The molecule has 0 aliphatic rings. The Hall–Kier alpha value is -1.94. The Morgan fingerprint density at radius 1 is 1.24 bits per heavy atom. The maximum absolute atomic E-state index is 12.0. The lowest BCUT2D eigenvalue weighted by Crippen LogP contribution is -2.26. The van der Waals surface area contributed by atoms with Gasteiger partial charge >= 0.3 is 0 Å². The average Bonchev–Trinajstić information content (AvgIpc) is 2.49. The van der Waals surface area contributed by atoms with Crippen LogP contribution >= 0.6 is 0 Å². The molecule has 0 atom stereocenters. The van der Waals surface area contributed by atoms with Crippen LogP contribution in [-0.2, 0) is 4.74 Å². The third-order valence-electron chi connectivity index (χ3n) is 3.03. The number of nitrogens with one attached hydrogen (secondary N) is 1. The van der Waals surface area contributed by atoms with E-state index in [9.17, 15) is 4.79 Å². The van der Waals surface area contributed by atoms with E-state index in [1.807, 2.05) is 30.3 Å². The van der Waals surface area contributed by atoms with Crippen LogP contribution in [-0.4, -0.2) is 30.6 Å². The lowest BCUT2D eigenvalue weighted by Gasteiger charge is -2.08. The molecule has 21 heavy (non-hydrogen) atoms. The van der Waals surface area contributed by atoms with Crippen molar-refractivity contribution >= 4 is 16.8 Å². The summed E-state index contributed by atoms with van der Waals surface area (Å²) in [5, 5.41) is 3.91. The fourth-order valence-electron chi connectivity index (χ4n) is 1.98. The average molecular weight is 286 g/mol. The number of carbonyl (C=O) groups is 1. The summed E-state index contributed by atoms with van der Waals surface area (Å²) in [6.45, 7) is 6.27. The highest BCUT2D eigenvalue weighted by Gasteiger charge is 2.07. The third kappa shape index (κ3) is 4.83. The second-order valence-corrected chi connectivity index (χ2v) is 5.47. The molecule has 0 spiro atoms. The Bertz CT molecular complexity index is 596. The summed E-state index contributed by atoms with van der Waals surface area (Å²) >= 11 is 0. The highest BCUT2D eigenvalue weighted by atomic mass is 16.5. The molecule has 1 amide bonds. The molecule has 4 nitrogen and oxygen atoms in total. The molecule has 1 aromatic heterocycles. The van der Waals surface area contributed by atoms with Crippen LogP contribution in [0.4, 0.5) is 0 Å². The van der Waals surface area contributed by atoms with Crippen molar-refractivity contribution in [3.05, 3.63) is 42.1 Å². The summed E-state index contributed by atoms with van der Waals surface area (Å²) in [5.74, 6) is 0.408. The molecule has 1 N–H and O–H groups in total. The Morgan fingerprint density at radius 2 is 2.05 bits per heavy atom. The fraction of sp³-hybridized carbons (Fsp3) is 0.412. The van der Waals surface area contributed by atoms with Gasteiger partial charge in [0.1, 0.15) is 5.69 Å². The van der Waals surface area contributed by atoms with E-state index in [1.165, 1.54) is 0 Å². The number of nitrogens with zero attached hydrogens (tertiary/aromatic N) is 1. The normalized spacial score (nSPS) is 11.0. The van der Waals surface area contributed by atoms with Gasteiger partial charge in [-0.3, -0.25) is 4.79 Å². The minimum Gasteiger partial charge on any atom is -0.381 e. The van der Waals surface area contributed by atoms with E-state index in [4.69, 9.17) is 4.74 Å². The number of hydrogen-bond acceptors (Lipinski definition) is 3. The zero-order valence-corrected chi connectivity index (χ0v) is 12.6. The zero-order valence-electron chi connectivity index (χ0n) is 12.6. The van der Waals surface area contributed by atoms with Gasteiger partial charge in [0.25, 0.3) is 5.91 Å². The van der Waals surface area contributed by atoms with Crippen molar-refractivity contribution in [1.82, 2.24) is 10.3 Å². The van der Waals surface area contributed by atoms with E-state index >= 15 is 0 Å². The van der Waals surface area contributed by atoms with E-state index in [0.717, 1.165) is 23.9 Å². The van der Waals surface area contributed by atoms with Crippen LogP contribution in [0.1, 0.15) is 30.8 Å². The van der Waals surface area contributed by atoms with Gasteiger partial charge in [0.15, 0.2) is 0 Å². The summed E-state index contributed by atoms with van der Waals surface area (Å²) in [7, 11) is 0. The minimum absolute atomic E-state index is 0.135. The first-order valence-electron chi connectivity index (χ1n) is 7.38. The molecule has 0 bridgehead atoms. The monoisotopic (exact) mass is 286 g/mol. The number of pyridine rings is 1. The zero-order chi connectivity index (χ0) is 15.1. The molecule has 0 saturated heterocycles. The largest absolute Gasteiger partial charge is 0.381 e. The number of carbonyl (C=O) groups excluding carboxylic acids is 1. The predicted octanol–water partition coefficient (Wildman–Crippen LogP) is 3.03. The highest BCUT2D eigenvalue weighted by Crippen LogP contribution is 2.11. The molecule has 0 unspecified atom stereocenters. The second kappa shape index (κ2) is 7.74. The van der Waals surface area contributed by atoms with Gasteiger partial charge in [0, 0.05) is 25.1 Å². The van der Waals surface area contributed by atoms with E-state index in [1.54, 1.807) is 6.07 Å². The fourth-order valence-corrected chi connectivity index (χ4v) is 1.98. The van der Waals surface area contributed by atoms with Crippen molar-refractivity contribution in [2.75, 3.05) is 19.8 Å². The number of benzene rings is 1. The van der Waals surface area contributed by atoms with Crippen molar-refractivity contribution in [1.29, 1.82) is 0 Å². The van der Waals surface area contributed by atoms with E-state index in [-0.39, 0.29) is 5.91 Å². The van der Waals surface area contributed by atoms with Crippen molar-refractivity contribution in [3.8, 4) is 0 Å². The molecule has 0 saturated carbocycles. The molecular formula is C17H22N2O2. The van der Waals surface area contributed by atoms with Crippen LogP contribution < -0.4 is 5.32 Å². The Labute approximate surface area is 125 Å². The van der Waals surface area contributed by atoms with Gasteiger partial charge in [-0.1, -0.05) is 38.1 Å². The van der Waals surface area contributed by atoms with Crippen molar-refractivity contribution < 1.29 is 9.53 Å². The maximum Gasteiger partial charge on any atom is 0.269 e. The third-order valence-corrected chi connectivity index (χ3v) is 3.03. The first-order valence-corrected chi connectivity index (χ1v) is 7.38. The topological polar surface area (TPSA) is 51.2 Å². The number of para-hydroxylation sites is 1. The molecule has 2 rings (SSSR count). The van der Waals surface area contributed by atoms with Crippen LogP contribution in [0.3, 0.4) is 0 Å². The lowest BCUT2D eigenvalue weighted by molar-refractivity contribution is 0.0921. The van der Waals surface area contributed by atoms with Crippen molar-refractivity contribution in [3.63, 3.8) is 0 Å². The van der Waals surface area contributed by atoms with Gasteiger partial charge in [-0.05, 0) is 24.5 Å². The Morgan fingerprint density at radius 3 is 2.86 bits per heavy atom. The lowest BCUT2D eigenvalue weighted by atomic mass is 10.2. The molecular weight excluding hydrogens is 264 g/mol. The van der Waals surface area contributed by atoms with Gasteiger partial charge in [0.05, 0.1) is 5.52 Å². The van der Waals surface area contributed by atoms with Gasteiger partial charge in [-0.15, -0.1) is 0 Å². The molecule has 112 valence electrons. The SMILES string of the molecule is CC(C)COCCCNC(=O)c1ccc2ccccc2n1. The molecule has 0 aliphatic heterocycles. The highest BCUT2D eigenvalue weighted by molar-refractivity contribution is 5.94. The van der Waals surface area contributed by atoms with Crippen LogP contribution in [0.2, 0.25) is 0 Å². The summed E-state index contributed by atoms with van der Waals surface area (Å²) in [6.07, 6.45) is 0.812. The second-order valence-electron chi connectivity index (χ2n) is 5.47. The minimum atomic E-state index is -0.135. The standard InChI is InChI=1S/C17H22N2O2/c1-13(2)12-21-11-5-10-18-17(20)16-9-8-14-6-3-4-7-15(14)19-16/h3-4,6-9,13H,5,10-12H2,1-2H3,(H,18,20). The number of ether oxygens (including phenoxy) is 1. The number of aromatic nitrogens is 1. The predicted molar refractivity (Wildman–Crippen MR) is 84.4 cm³/mol. The molecule has 4 heteroatoms. The first kappa shape index (κ1) is 15.4. The first-order chi connectivity index (χ1) is 10.2. The van der Waals surface area contributed by atoms with E-state index in [2.05, 4.69) is 24.1 Å². The number of fused-ring (bicyclic) bond motifs is 1. The van der Waals surface area contributed by atoms with E-state index < -0.39 is 0 Å². The molecule has 1 aromatic carbocycles. The van der Waals surface area contributed by atoms with Gasteiger partial charge in [0.2, 0.25) is 0 Å². The summed E-state index contributed by atoms with van der Waals surface area (Å²) < 4.78 is 5.47. The van der Waals surface area contributed by atoms with Crippen LogP contribution in [0.25, 0.3) is 10.9 Å². The molecule has 0 aliphatic carbocycles. The van der Waals surface area contributed by atoms with Crippen LogP contribution in [0, 0.1) is 5.92 Å². The van der Waals surface area contributed by atoms with Crippen LogP contribution in [0.5, 0.6) is 0 Å². The quantitative estimate of drug-likeness (QED) is 0.796. The Balaban J connectivity index is 1.79. The van der Waals surface area contributed by atoms with Gasteiger partial charge in [-0.2, -0.15) is 0 Å². The van der Waals surface area contributed by atoms with Crippen molar-refractivity contribution in [2.24, 2.45) is 5.92 Å². The molecule has 0 radical (unpaired) electrons. The number of amides is 1. The summed E-state index contributed by atoms with van der Waals surface area (Å²) in [6, 6.07) is 11.4. The molecule has 0 fully saturated rings. The number of hydrogen-bond donors (Lipinski definition) is 1. The summed E-state index contributed by atoms with van der Waals surface area (Å²) in [5.41, 5.74) is 1.29. The Kier molecular flexibility index (Phi) is 5.69. The number of rotatable bonds is 7. The van der Waals surface area contributed by atoms with Crippen molar-refractivity contribution in [2.45, 2.75) is 20.3 Å². The summed E-state index contributed by atoms with van der Waals surface area (Å²) in [4.78, 5) is 16.4. The van der Waals surface area contributed by atoms with E-state index in [0.29, 0.717) is 24.8 Å².